The monoisotopic (exact) mass is 277 g/mol. The summed E-state index contributed by atoms with van der Waals surface area (Å²) in [5.74, 6) is -0.279. The zero-order valence-corrected chi connectivity index (χ0v) is 10.8. The van der Waals surface area contributed by atoms with E-state index in [-0.39, 0.29) is 22.6 Å². The van der Waals surface area contributed by atoms with Crippen LogP contribution < -0.4 is 0 Å². The number of ether oxygens (including phenoxy) is 1. The Kier molecular flexibility index (Phi) is 4.13. The molecule has 0 aliphatic carbocycles. The Hall–Kier alpha value is -0.580. The lowest BCUT2D eigenvalue weighted by atomic mass is 10.0. The highest BCUT2D eigenvalue weighted by Gasteiger charge is 2.39. The van der Waals surface area contributed by atoms with Crippen molar-refractivity contribution in [2.45, 2.75) is 31.1 Å². The van der Waals surface area contributed by atoms with E-state index in [1.54, 1.807) is 4.90 Å². The van der Waals surface area contributed by atoms with Crippen molar-refractivity contribution >= 4 is 27.8 Å². The minimum absolute atomic E-state index is 0.0147. The van der Waals surface area contributed by atoms with Crippen LogP contribution in [-0.4, -0.2) is 41.3 Å². The maximum absolute atomic E-state index is 11.7. The number of carbonyl (C=O) groups excluding carboxylic acids is 2. The molecule has 15 heavy (non-hydrogen) atoms. The van der Waals surface area contributed by atoms with E-state index >= 15 is 0 Å². The molecule has 0 saturated carbocycles. The Labute approximate surface area is 98.1 Å². The molecule has 2 unspecified atom stereocenters. The molecular formula is C10H16BrNO3. The summed E-state index contributed by atoms with van der Waals surface area (Å²) >= 11 is 3.29. The zero-order chi connectivity index (χ0) is 11.6. The predicted octanol–water partition coefficient (Wildman–Crippen LogP) is 1.18. The van der Waals surface area contributed by atoms with Crippen molar-refractivity contribution in [3.8, 4) is 0 Å². The molecule has 5 heteroatoms. The number of nitrogens with zero attached hydrogens (tertiary/aromatic N) is 1. The number of methoxy groups -OCH3 is 1. The second-order valence-electron chi connectivity index (χ2n) is 4.00. The molecule has 1 aliphatic heterocycles. The minimum Gasteiger partial charge on any atom is -0.467 e. The summed E-state index contributed by atoms with van der Waals surface area (Å²) in [5, 5.41) is 0. The fourth-order valence-electron chi connectivity index (χ4n) is 1.82. The third kappa shape index (κ3) is 2.51. The van der Waals surface area contributed by atoms with Crippen LogP contribution in [0.4, 0.5) is 0 Å². The number of rotatable bonds is 3. The molecule has 1 saturated heterocycles. The van der Waals surface area contributed by atoms with E-state index in [2.05, 4.69) is 15.9 Å². The molecule has 0 aromatic heterocycles. The molecule has 1 aliphatic rings. The number of carbonyl (C=O) groups is 2. The summed E-state index contributed by atoms with van der Waals surface area (Å²) in [6.07, 6.45) is 0.749. The van der Waals surface area contributed by atoms with E-state index < -0.39 is 6.04 Å². The first-order chi connectivity index (χ1) is 6.99. The second-order valence-corrected chi connectivity index (χ2v) is 5.11. The Morgan fingerprint density at radius 3 is 2.53 bits per heavy atom. The van der Waals surface area contributed by atoms with Crippen molar-refractivity contribution in [3.63, 3.8) is 0 Å². The average Bonchev–Trinajstić information content (AvgIpc) is 2.49. The summed E-state index contributed by atoms with van der Waals surface area (Å²) in [5.41, 5.74) is 0. The van der Waals surface area contributed by atoms with Gasteiger partial charge in [-0.25, -0.2) is 4.79 Å². The van der Waals surface area contributed by atoms with E-state index in [0.717, 1.165) is 6.42 Å². The lowest BCUT2D eigenvalue weighted by Gasteiger charge is -2.28. The van der Waals surface area contributed by atoms with Crippen LogP contribution in [-0.2, 0) is 14.3 Å². The molecular weight excluding hydrogens is 262 g/mol. The van der Waals surface area contributed by atoms with Gasteiger partial charge in [0.1, 0.15) is 6.04 Å². The summed E-state index contributed by atoms with van der Waals surface area (Å²) in [4.78, 5) is 24.8. The number of alkyl halides is 1. The Bertz CT molecular complexity index is 267. The van der Waals surface area contributed by atoms with E-state index in [0.29, 0.717) is 6.54 Å². The SMILES string of the molecule is COC(=O)C(C(C)C)N1CCC(Br)C1=O. The highest BCUT2D eigenvalue weighted by atomic mass is 79.9. The third-order valence-corrected chi connectivity index (χ3v) is 3.43. The molecule has 86 valence electrons. The van der Waals surface area contributed by atoms with Crippen LogP contribution >= 0.6 is 15.9 Å². The van der Waals surface area contributed by atoms with Gasteiger partial charge in [0.2, 0.25) is 5.91 Å². The highest BCUT2D eigenvalue weighted by molar-refractivity contribution is 9.10. The number of hydrogen-bond donors (Lipinski definition) is 0. The Balaban J connectivity index is 2.81. The summed E-state index contributed by atoms with van der Waals surface area (Å²) < 4.78 is 4.72. The fraction of sp³-hybridized carbons (Fsp3) is 0.800. The van der Waals surface area contributed by atoms with Crippen LogP contribution in [0.3, 0.4) is 0 Å². The molecule has 0 spiro atoms. The molecule has 4 nitrogen and oxygen atoms in total. The van der Waals surface area contributed by atoms with Gasteiger partial charge in [-0.05, 0) is 12.3 Å². The number of hydrogen-bond acceptors (Lipinski definition) is 3. The van der Waals surface area contributed by atoms with E-state index in [1.165, 1.54) is 7.11 Å². The zero-order valence-electron chi connectivity index (χ0n) is 9.20. The highest BCUT2D eigenvalue weighted by Crippen LogP contribution is 2.24. The molecule has 0 radical (unpaired) electrons. The number of amides is 1. The number of esters is 1. The lowest BCUT2D eigenvalue weighted by Crippen LogP contribution is -2.46. The number of halogens is 1. The Morgan fingerprint density at radius 1 is 1.60 bits per heavy atom. The van der Waals surface area contributed by atoms with Gasteiger partial charge in [-0.2, -0.15) is 0 Å². The van der Waals surface area contributed by atoms with Gasteiger partial charge in [-0.1, -0.05) is 29.8 Å². The molecule has 1 rings (SSSR count). The van der Waals surface area contributed by atoms with Gasteiger partial charge < -0.3 is 9.64 Å². The topological polar surface area (TPSA) is 46.6 Å². The molecule has 0 aromatic rings. The van der Waals surface area contributed by atoms with Crippen LogP contribution in [0.5, 0.6) is 0 Å². The van der Waals surface area contributed by atoms with Crippen molar-refractivity contribution in [1.29, 1.82) is 0 Å². The predicted molar refractivity (Wildman–Crippen MR) is 59.7 cm³/mol. The molecule has 1 fully saturated rings. The summed E-state index contributed by atoms with van der Waals surface area (Å²) in [6, 6.07) is -0.454. The van der Waals surface area contributed by atoms with Crippen molar-refractivity contribution in [3.05, 3.63) is 0 Å². The van der Waals surface area contributed by atoms with Crippen LogP contribution in [0.15, 0.2) is 0 Å². The van der Waals surface area contributed by atoms with Crippen molar-refractivity contribution in [1.82, 2.24) is 4.90 Å². The van der Waals surface area contributed by atoms with E-state index in [4.69, 9.17) is 4.74 Å². The molecule has 0 bridgehead atoms. The molecule has 0 aromatic carbocycles. The van der Waals surface area contributed by atoms with Crippen LogP contribution in [0.2, 0.25) is 0 Å². The summed E-state index contributed by atoms with van der Waals surface area (Å²) in [6.45, 7) is 4.44. The molecule has 1 heterocycles. The fourth-order valence-corrected chi connectivity index (χ4v) is 2.29. The normalized spacial score (nSPS) is 23.4. The van der Waals surface area contributed by atoms with E-state index in [1.807, 2.05) is 13.8 Å². The molecule has 0 N–H and O–H groups in total. The van der Waals surface area contributed by atoms with Crippen LogP contribution in [0, 0.1) is 5.92 Å². The van der Waals surface area contributed by atoms with Gasteiger partial charge >= 0.3 is 5.97 Å². The maximum Gasteiger partial charge on any atom is 0.328 e. The summed E-state index contributed by atoms with van der Waals surface area (Å²) in [7, 11) is 1.35. The van der Waals surface area contributed by atoms with E-state index in [9.17, 15) is 9.59 Å². The third-order valence-electron chi connectivity index (χ3n) is 2.58. The van der Waals surface area contributed by atoms with Gasteiger partial charge in [-0.3, -0.25) is 4.79 Å². The largest absolute Gasteiger partial charge is 0.467 e. The lowest BCUT2D eigenvalue weighted by molar-refractivity contribution is -0.153. The quantitative estimate of drug-likeness (QED) is 0.575. The van der Waals surface area contributed by atoms with Gasteiger partial charge in [0, 0.05) is 6.54 Å². The van der Waals surface area contributed by atoms with Crippen molar-refractivity contribution < 1.29 is 14.3 Å². The number of likely N-dealkylation sites (tertiary alicyclic amines) is 1. The van der Waals surface area contributed by atoms with Crippen molar-refractivity contribution in [2.75, 3.05) is 13.7 Å². The maximum atomic E-state index is 11.7. The van der Waals surface area contributed by atoms with Gasteiger partial charge in [0.15, 0.2) is 0 Å². The average molecular weight is 278 g/mol. The Morgan fingerprint density at radius 2 is 2.20 bits per heavy atom. The first-order valence-corrected chi connectivity index (χ1v) is 5.93. The first-order valence-electron chi connectivity index (χ1n) is 5.01. The van der Waals surface area contributed by atoms with Crippen LogP contribution in [0.25, 0.3) is 0 Å². The second kappa shape index (κ2) is 4.96. The van der Waals surface area contributed by atoms with Gasteiger partial charge in [0.05, 0.1) is 11.9 Å². The smallest absolute Gasteiger partial charge is 0.328 e. The van der Waals surface area contributed by atoms with Gasteiger partial charge in [0.25, 0.3) is 0 Å². The van der Waals surface area contributed by atoms with Crippen LogP contribution in [0.1, 0.15) is 20.3 Å². The molecule has 2 atom stereocenters. The minimum atomic E-state index is -0.454. The van der Waals surface area contributed by atoms with Crippen molar-refractivity contribution in [2.24, 2.45) is 5.92 Å². The standard InChI is InChI=1S/C10H16BrNO3/c1-6(2)8(10(14)15-3)12-5-4-7(11)9(12)13/h6-8H,4-5H2,1-3H3. The first kappa shape index (κ1) is 12.5. The van der Waals surface area contributed by atoms with Gasteiger partial charge in [-0.15, -0.1) is 0 Å². The molecule has 1 amide bonds.